The van der Waals surface area contributed by atoms with Crippen LogP contribution in [0.2, 0.25) is 5.28 Å². The molecule has 4 aromatic rings. The second kappa shape index (κ2) is 5.44. The number of furan rings is 1. The first-order valence-electron chi connectivity index (χ1n) is 7.00. The Labute approximate surface area is 137 Å². The van der Waals surface area contributed by atoms with Crippen LogP contribution in [0.1, 0.15) is 5.69 Å². The van der Waals surface area contributed by atoms with Crippen LogP contribution in [0, 0.1) is 6.92 Å². The summed E-state index contributed by atoms with van der Waals surface area (Å²) in [5, 5.41) is 1.17. The van der Waals surface area contributed by atoms with E-state index >= 15 is 0 Å². The maximum Gasteiger partial charge on any atom is 0.223 e. The standard InChI is InChI=1S/C17H11ClN4O/c1-10-12-7-11(4-5-14(12)21-9-20-10)13-8-19-17(18)22-16(13)15-3-2-6-23-15/h2-9H,1H3. The van der Waals surface area contributed by atoms with Gasteiger partial charge in [0.2, 0.25) is 5.28 Å². The van der Waals surface area contributed by atoms with Crippen LogP contribution in [0.5, 0.6) is 0 Å². The molecule has 0 bridgehead atoms. The fraction of sp³-hybridized carbons (Fsp3) is 0.0588. The lowest BCUT2D eigenvalue weighted by atomic mass is 10.0. The zero-order valence-corrected chi connectivity index (χ0v) is 12.9. The van der Waals surface area contributed by atoms with Crippen molar-refractivity contribution in [3.8, 4) is 22.6 Å². The van der Waals surface area contributed by atoms with Crippen LogP contribution < -0.4 is 0 Å². The summed E-state index contributed by atoms with van der Waals surface area (Å²) in [6.07, 6.45) is 4.87. The lowest BCUT2D eigenvalue weighted by molar-refractivity contribution is 0.580. The van der Waals surface area contributed by atoms with E-state index in [-0.39, 0.29) is 5.28 Å². The lowest BCUT2D eigenvalue weighted by Crippen LogP contribution is -1.93. The van der Waals surface area contributed by atoms with Crippen molar-refractivity contribution < 1.29 is 4.42 Å². The smallest absolute Gasteiger partial charge is 0.223 e. The minimum absolute atomic E-state index is 0.181. The molecule has 0 radical (unpaired) electrons. The number of rotatable bonds is 2. The van der Waals surface area contributed by atoms with Gasteiger partial charge in [0.15, 0.2) is 5.76 Å². The van der Waals surface area contributed by atoms with Gasteiger partial charge in [-0.25, -0.2) is 19.9 Å². The highest BCUT2D eigenvalue weighted by Gasteiger charge is 2.14. The molecular weight excluding hydrogens is 312 g/mol. The van der Waals surface area contributed by atoms with E-state index in [2.05, 4.69) is 19.9 Å². The van der Waals surface area contributed by atoms with Crippen LogP contribution in [-0.4, -0.2) is 19.9 Å². The first-order valence-corrected chi connectivity index (χ1v) is 7.38. The molecular formula is C17H11ClN4O. The molecule has 0 saturated heterocycles. The van der Waals surface area contributed by atoms with Crippen molar-refractivity contribution in [1.82, 2.24) is 19.9 Å². The summed E-state index contributed by atoms with van der Waals surface area (Å²) >= 11 is 5.96. The van der Waals surface area contributed by atoms with Gasteiger partial charge in [0.25, 0.3) is 0 Å². The summed E-state index contributed by atoms with van der Waals surface area (Å²) in [6, 6.07) is 9.63. The van der Waals surface area contributed by atoms with Gasteiger partial charge in [-0.15, -0.1) is 0 Å². The van der Waals surface area contributed by atoms with Gasteiger partial charge in [-0.1, -0.05) is 6.07 Å². The van der Waals surface area contributed by atoms with E-state index in [1.807, 2.05) is 37.3 Å². The molecule has 0 N–H and O–H groups in total. The van der Waals surface area contributed by atoms with E-state index in [4.69, 9.17) is 16.0 Å². The Kier molecular flexibility index (Phi) is 3.28. The molecule has 0 unspecified atom stereocenters. The van der Waals surface area contributed by atoms with Crippen molar-refractivity contribution in [2.75, 3.05) is 0 Å². The van der Waals surface area contributed by atoms with E-state index in [0.717, 1.165) is 27.7 Å². The van der Waals surface area contributed by atoms with Gasteiger partial charge in [-0.3, -0.25) is 0 Å². The lowest BCUT2D eigenvalue weighted by Gasteiger charge is -2.08. The number of benzene rings is 1. The number of hydrogen-bond donors (Lipinski definition) is 0. The third-order valence-electron chi connectivity index (χ3n) is 3.66. The Hall–Kier alpha value is -2.79. The molecule has 112 valence electrons. The molecule has 0 atom stereocenters. The van der Waals surface area contributed by atoms with Gasteiger partial charge in [-0.2, -0.15) is 0 Å². The van der Waals surface area contributed by atoms with E-state index in [9.17, 15) is 0 Å². The number of fused-ring (bicyclic) bond motifs is 1. The normalized spacial score (nSPS) is 11.0. The first-order chi connectivity index (χ1) is 11.2. The van der Waals surface area contributed by atoms with Gasteiger partial charge in [0, 0.05) is 22.8 Å². The van der Waals surface area contributed by atoms with Gasteiger partial charge in [0.05, 0.1) is 11.8 Å². The highest BCUT2D eigenvalue weighted by atomic mass is 35.5. The molecule has 0 spiro atoms. The molecule has 0 aliphatic heterocycles. The van der Waals surface area contributed by atoms with E-state index in [1.54, 1.807) is 18.8 Å². The molecule has 3 heterocycles. The Balaban J connectivity index is 1.96. The summed E-state index contributed by atoms with van der Waals surface area (Å²) < 4.78 is 5.47. The van der Waals surface area contributed by atoms with Gasteiger partial charge in [-0.05, 0) is 48.4 Å². The second-order valence-corrected chi connectivity index (χ2v) is 5.41. The van der Waals surface area contributed by atoms with Crippen molar-refractivity contribution in [3.05, 3.63) is 60.1 Å². The molecule has 0 aliphatic carbocycles. The van der Waals surface area contributed by atoms with Crippen molar-refractivity contribution in [2.24, 2.45) is 0 Å². The number of halogens is 1. The third kappa shape index (κ3) is 2.45. The summed E-state index contributed by atoms with van der Waals surface area (Å²) in [4.78, 5) is 17.0. The van der Waals surface area contributed by atoms with Crippen molar-refractivity contribution in [3.63, 3.8) is 0 Å². The molecule has 5 nitrogen and oxygen atoms in total. The predicted molar refractivity (Wildman–Crippen MR) is 88.0 cm³/mol. The molecule has 1 aromatic carbocycles. The molecule has 23 heavy (non-hydrogen) atoms. The van der Waals surface area contributed by atoms with Crippen LogP contribution in [-0.2, 0) is 0 Å². The SMILES string of the molecule is Cc1ncnc2ccc(-c3cnc(Cl)nc3-c3ccco3)cc12. The van der Waals surface area contributed by atoms with Crippen LogP contribution in [0.15, 0.2) is 53.5 Å². The quantitative estimate of drug-likeness (QED) is 0.514. The molecule has 0 saturated carbocycles. The highest BCUT2D eigenvalue weighted by Crippen LogP contribution is 2.32. The highest BCUT2D eigenvalue weighted by molar-refractivity contribution is 6.28. The van der Waals surface area contributed by atoms with Crippen LogP contribution in [0.4, 0.5) is 0 Å². The Morgan fingerprint density at radius 2 is 2.00 bits per heavy atom. The van der Waals surface area contributed by atoms with E-state index in [1.165, 1.54) is 0 Å². The first kappa shape index (κ1) is 13.8. The molecule has 4 rings (SSSR count). The van der Waals surface area contributed by atoms with Crippen molar-refractivity contribution >= 4 is 22.5 Å². The van der Waals surface area contributed by atoms with Gasteiger partial charge < -0.3 is 4.42 Å². The minimum Gasteiger partial charge on any atom is -0.463 e. The summed E-state index contributed by atoms with van der Waals surface area (Å²) in [7, 11) is 0. The maximum atomic E-state index is 5.96. The zero-order valence-electron chi connectivity index (χ0n) is 12.2. The fourth-order valence-electron chi connectivity index (χ4n) is 2.53. The average Bonchev–Trinajstić information content (AvgIpc) is 3.09. The van der Waals surface area contributed by atoms with Gasteiger partial charge >= 0.3 is 0 Å². The van der Waals surface area contributed by atoms with Crippen LogP contribution in [0.3, 0.4) is 0 Å². The van der Waals surface area contributed by atoms with Gasteiger partial charge in [0.1, 0.15) is 12.0 Å². The second-order valence-electron chi connectivity index (χ2n) is 5.07. The van der Waals surface area contributed by atoms with Crippen molar-refractivity contribution in [2.45, 2.75) is 6.92 Å². The summed E-state index contributed by atoms with van der Waals surface area (Å²) in [5.41, 5.74) is 4.28. The largest absolute Gasteiger partial charge is 0.463 e. The average molecular weight is 323 g/mol. The molecule has 3 aromatic heterocycles. The van der Waals surface area contributed by atoms with Crippen molar-refractivity contribution in [1.29, 1.82) is 0 Å². The minimum atomic E-state index is 0.181. The third-order valence-corrected chi connectivity index (χ3v) is 3.84. The Bertz CT molecular complexity index is 999. The van der Waals surface area contributed by atoms with Crippen LogP contribution in [0.25, 0.3) is 33.5 Å². The van der Waals surface area contributed by atoms with E-state index < -0.39 is 0 Å². The Morgan fingerprint density at radius 3 is 2.83 bits per heavy atom. The number of aromatic nitrogens is 4. The maximum absolute atomic E-state index is 5.96. The monoisotopic (exact) mass is 322 g/mol. The molecule has 0 aliphatic rings. The zero-order chi connectivity index (χ0) is 15.8. The topological polar surface area (TPSA) is 64.7 Å². The van der Waals surface area contributed by atoms with Crippen LogP contribution >= 0.6 is 11.6 Å². The molecule has 0 amide bonds. The molecule has 0 fully saturated rings. The predicted octanol–water partition coefficient (Wildman–Crippen LogP) is 4.31. The molecule has 6 heteroatoms. The summed E-state index contributed by atoms with van der Waals surface area (Å²) in [5.74, 6) is 0.644. The number of nitrogens with zero attached hydrogens (tertiary/aromatic N) is 4. The Morgan fingerprint density at radius 1 is 1.09 bits per heavy atom. The van der Waals surface area contributed by atoms with E-state index in [0.29, 0.717) is 11.5 Å². The number of hydrogen-bond acceptors (Lipinski definition) is 5. The fourth-order valence-corrected chi connectivity index (χ4v) is 2.66. The number of aryl methyl sites for hydroxylation is 1. The summed E-state index contributed by atoms with van der Waals surface area (Å²) in [6.45, 7) is 1.96.